The third-order valence-corrected chi connectivity index (χ3v) is 9.89. The molecule has 0 bridgehead atoms. The van der Waals surface area contributed by atoms with Crippen LogP contribution in [-0.2, 0) is 0 Å². The monoisotopic (exact) mass is 638 g/mol. The Labute approximate surface area is 289 Å². The maximum absolute atomic E-state index is 6.55. The minimum Gasteiger partial charge on any atom is -0.435 e. The van der Waals surface area contributed by atoms with Gasteiger partial charge in [-0.15, -0.1) is 0 Å². The molecule has 0 aliphatic rings. The summed E-state index contributed by atoms with van der Waals surface area (Å²) in [6, 6.07) is 64.5. The molecule has 0 aliphatic carbocycles. The lowest BCUT2D eigenvalue weighted by molar-refractivity contribution is 0.621. The maximum Gasteiger partial charge on any atom is 0.227 e. The molecule has 0 atom stereocenters. The van der Waals surface area contributed by atoms with Gasteiger partial charge in [0.25, 0.3) is 0 Å². The molecule has 0 spiro atoms. The molecular weight excluding hydrogens is 609 g/mol. The van der Waals surface area contributed by atoms with Crippen LogP contribution in [0, 0.1) is 0 Å². The third-order valence-electron chi connectivity index (χ3n) is 9.89. The highest BCUT2D eigenvalue weighted by Gasteiger charge is 2.18. The summed E-state index contributed by atoms with van der Waals surface area (Å²) in [7, 11) is 0. The zero-order chi connectivity index (χ0) is 33.0. The Hall–Kier alpha value is -6.71. The van der Waals surface area contributed by atoms with Crippen molar-refractivity contribution in [3.63, 3.8) is 0 Å². The number of oxazole rings is 1. The summed E-state index contributed by atoms with van der Waals surface area (Å²) in [6.07, 6.45) is 0. The van der Waals surface area contributed by atoms with E-state index < -0.39 is 0 Å². The van der Waals surface area contributed by atoms with Gasteiger partial charge in [0.15, 0.2) is 5.58 Å². The first kappa shape index (κ1) is 28.3. The lowest BCUT2D eigenvalue weighted by Gasteiger charge is -2.27. The second-order valence-corrected chi connectivity index (χ2v) is 12.7. The molecule has 0 amide bonds. The van der Waals surface area contributed by atoms with Gasteiger partial charge in [-0.05, 0) is 85.7 Å². The van der Waals surface area contributed by atoms with E-state index >= 15 is 0 Å². The molecule has 234 valence electrons. The quantitative estimate of drug-likeness (QED) is 0.176. The Morgan fingerprint density at radius 3 is 1.82 bits per heavy atom. The number of para-hydroxylation sites is 2. The molecule has 1 aromatic heterocycles. The van der Waals surface area contributed by atoms with E-state index in [-0.39, 0.29) is 0 Å². The summed E-state index contributed by atoms with van der Waals surface area (Å²) < 4.78 is 6.55. The molecule has 0 aliphatic heterocycles. The average molecular weight is 639 g/mol. The number of anilines is 3. The predicted octanol–water partition coefficient (Wildman–Crippen LogP) is 13.2. The molecule has 1 heterocycles. The van der Waals surface area contributed by atoms with Gasteiger partial charge < -0.3 is 9.32 Å². The van der Waals surface area contributed by atoms with Crippen LogP contribution in [0.5, 0.6) is 0 Å². The molecule has 0 saturated heterocycles. The van der Waals surface area contributed by atoms with Gasteiger partial charge in [-0.2, -0.15) is 0 Å². The van der Waals surface area contributed by atoms with E-state index in [1.807, 2.05) is 6.07 Å². The zero-order valence-corrected chi connectivity index (χ0v) is 27.1. The van der Waals surface area contributed by atoms with Crippen molar-refractivity contribution in [1.82, 2.24) is 4.98 Å². The van der Waals surface area contributed by atoms with Gasteiger partial charge in [-0.1, -0.05) is 140 Å². The summed E-state index contributed by atoms with van der Waals surface area (Å²) in [5.41, 5.74) is 8.03. The van der Waals surface area contributed by atoms with Crippen molar-refractivity contribution in [3.05, 3.63) is 182 Å². The molecule has 0 fully saturated rings. The van der Waals surface area contributed by atoms with Crippen LogP contribution in [0.1, 0.15) is 0 Å². The molecule has 50 heavy (non-hydrogen) atoms. The fourth-order valence-electron chi connectivity index (χ4n) is 7.53. The maximum atomic E-state index is 6.55. The van der Waals surface area contributed by atoms with Gasteiger partial charge in [-0.25, -0.2) is 4.98 Å². The predicted molar refractivity (Wildman–Crippen MR) is 210 cm³/mol. The number of nitrogens with zero attached hydrogens (tertiary/aromatic N) is 2. The summed E-state index contributed by atoms with van der Waals surface area (Å²) in [4.78, 5) is 7.29. The summed E-state index contributed by atoms with van der Waals surface area (Å²) in [5, 5.41) is 9.80. The van der Waals surface area contributed by atoms with Crippen LogP contribution in [0.4, 0.5) is 17.1 Å². The Morgan fingerprint density at radius 1 is 0.380 bits per heavy atom. The SMILES string of the molecule is c1ccc(N(c2ccc(-c3cccc4nc(-c5cccc6ccccc56)oc34)cc2)c2cccc3c2ccc2c4ccccc4ccc32)cc1. The summed E-state index contributed by atoms with van der Waals surface area (Å²) in [6.45, 7) is 0. The van der Waals surface area contributed by atoms with Gasteiger partial charge in [0.1, 0.15) is 5.52 Å². The topological polar surface area (TPSA) is 29.3 Å². The van der Waals surface area contributed by atoms with Crippen LogP contribution in [0.15, 0.2) is 186 Å². The summed E-state index contributed by atoms with van der Waals surface area (Å²) >= 11 is 0. The normalized spacial score (nSPS) is 11.6. The van der Waals surface area contributed by atoms with E-state index in [0.29, 0.717) is 5.89 Å². The van der Waals surface area contributed by atoms with Crippen LogP contribution in [-0.4, -0.2) is 4.98 Å². The Bertz CT molecular complexity index is 2870. The number of benzene rings is 9. The van der Waals surface area contributed by atoms with E-state index in [9.17, 15) is 0 Å². The van der Waals surface area contributed by atoms with Gasteiger partial charge in [-0.3, -0.25) is 0 Å². The van der Waals surface area contributed by atoms with E-state index in [0.717, 1.165) is 50.2 Å². The highest BCUT2D eigenvalue weighted by Crippen LogP contribution is 2.42. The average Bonchev–Trinajstić information content (AvgIpc) is 3.63. The van der Waals surface area contributed by atoms with Crippen molar-refractivity contribution in [2.24, 2.45) is 0 Å². The molecule has 9 aromatic carbocycles. The second-order valence-electron chi connectivity index (χ2n) is 12.7. The first-order valence-electron chi connectivity index (χ1n) is 17.0. The van der Waals surface area contributed by atoms with E-state index in [4.69, 9.17) is 9.40 Å². The lowest BCUT2D eigenvalue weighted by atomic mass is 9.96. The minimum atomic E-state index is 0.632. The molecular formula is C47H30N2O. The molecule has 0 unspecified atom stereocenters. The van der Waals surface area contributed by atoms with Crippen molar-refractivity contribution in [1.29, 1.82) is 0 Å². The lowest BCUT2D eigenvalue weighted by Crippen LogP contribution is -2.10. The number of aromatic nitrogens is 1. The first-order chi connectivity index (χ1) is 24.8. The van der Waals surface area contributed by atoms with Crippen LogP contribution >= 0.6 is 0 Å². The number of fused-ring (bicyclic) bond motifs is 7. The molecule has 3 nitrogen and oxygen atoms in total. The van der Waals surface area contributed by atoms with Crippen molar-refractivity contribution in [2.75, 3.05) is 4.90 Å². The van der Waals surface area contributed by atoms with Crippen molar-refractivity contribution >= 4 is 71.3 Å². The molecule has 0 saturated carbocycles. The van der Waals surface area contributed by atoms with Gasteiger partial charge >= 0.3 is 0 Å². The van der Waals surface area contributed by atoms with E-state index in [1.165, 1.54) is 37.7 Å². The van der Waals surface area contributed by atoms with Crippen LogP contribution in [0.2, 0.25) is 0 Å². The molecule has 0 N–H and O–H groups in total. The zero-order valence-electron chi connectivity index (χ0n) is 27.1. The summed E-state index contributed by atoms with van der Waals surface area (Å²) in [5.74, 6) is 0.632. The number of hydrogen-bond acceptors (Lipinski definition) is 3. The van der Waals surface area contributed by atoms with Crippen molar-refractivity contribution in [2.45, 2.75) is 0 Å². The van der Waals surface area contributed by atoms with Crippen molar-refractivity contribution < 1.29 is 4.42 Å². The third kappa shape index (κ3) is 4.56. The fourth-order valence-corrected chi connectivity index (χ4v) is 7.53. The van der Waals surface area contributed by atoms with Gasteiger partial charge in [0.2, 0.25) is 5.89 Å². The molecule has 0 radical (unpaired) electrons. The smallest absolute Gasteiger partial charge is 0.227 e. The molecule has 10 aromatic rings. The highest BCUT2D eigenvalue weighted by atomic mass is 16.3. The Balaban J connectivity index is 1.09. The first-order valence-corrected chi connectivity index (χ1v) is 17.0. The Kier molecular flexibility index (Phi) is 6.49. The molecule has 10 rings (SSSR count). The standard InChI is InChI=1S/C47H30N2O/c1-2-14-34(15-3-1)49(45-22-10-19-39-41-28-25-32-12-5-6-16-36(32)40(41)29-30-42(39)45)35-26-23-33(24-27-35)38-18-9-21-44-46(38)50-47(48-44)43-20-8-13-31-11-4-7-17-37(31)43/h1-30H. The van der Waals surface area contributed by atoms with E-state index in [1.54, 1.807) is 0 Å². The van der Waals surface area contributed by atoms with E-state index in [2.05, 4.69) is 181 Å². The minimum absolute atomic E-state index is 0.632. The molecule has 3 heteroatoms. The van der Waals surface area contributed by atoms with Crippen LogP contribution in [0.3, 0.4) is 0 Å². The fraction of sp³-hybridized carbons (Fsp3) is 0. The largest absolute Gasteiger partial charge is 0.435 e. The number of hydrogen-bond donors (Lipinski definition) is 0. The Morgan fingerprint density at radius 2 is 0.960 bits per heavy atom. The second kappa shape index (κ2) is 11.5. The van der Waals surface area contributed by atoms with Crippen LogP contribution < -0.4 is 4.90 Å². The van der Waals surface area contributed by atoms with Crippen molar-refractivity contribution in [3.8, 4) is 22.6 Å². The van der Waals surface area contributed by atoms with Gasteiger partial charge in [0, 0.05) is 27.9 Å². The van der Waals surface area contributed by atoms with Crippen LogP contribution in [0.25, 0.3) is 76.8 Å². The highest BCUT2D eigenvalue weighted by molar-refractivity contribution is 6.19. The number of rotatable bonds is 5. The van der Waals surface area contributed by atoms with Gasteiger partial charge in [0.05, 0.1) is 5.69 Å².